The van der Waals surface area contributed by atoms with Gasteiger partial charge in [0.05, 0.1) is 22.0 Å². The standard InChI is InChI=1S/C21H21BN4O4/c1-12-24-16-10-14(30-11-13-5-3-2-4-6-13)9-15(23)18(16)19(28)26(12)21(22)8-7-17(27)25-20(21)29/h2-6,9-10H,7-8,11,22-23H2,1H3,(H,25,27,29). The smallest absolute Gasteiger partial charge is 0.263 e. The second-order valence-corrected chi connectivity index (χ2v) is 7.63. The minimum atomic E-state index is -1.22. The summed E-state index contributed by atoms with van der Waals surface area (Å²) in [6.07, 6.45) is 0.359. The monoisotopic (exact) mass is 404 g/mol. The van der Waals surface area contributed by atoms with Crippen LogP contribution in [-0.2, 0) is 21.6 Å². The molecule has 3 N–H and O–H groups in total. The van der Waals surface area contributed by atoms with Gasteiger partial charge in [0, 0.05) is 18.6 Å². The van der Waals surface area contributed by atoms with Gasteiger partial charge in [-0.1, -0.05) is 30.3 Å². The normalized spacial score (nSPS) is 19.0. The Kier molecular flexibility index (Phi) is 4.81. The Morgan fingerprint density at radius 2 is 1.97 bits per heavy atom. The van der Waals surface area contributed by atoms with Crippen LogP contribution in [0.4, 0.5) is 5.69 Å². The summed E-state index contributed by atoms with van der Waals surface area (Å²) in [4.78, 5) is 42.0. The lowest BCUT2D eigenvalue weighted by Gasteiger charge is -2.35. The van der Waals surface area contributed by atoms with Gasteiger partial charge in [-0.15, -0.1) is 0 Å². The Hall–Kier alpha value is -3.62. The highest BCUT2D eigenvalue weighted by Crippen LogP contribution is 2.28. The second-order valence-electron chi connectivity index (χ2n) is 7.63. The lowest BCUT2D eigenvalue weighted by Crippen LogP contribution is -2.58. The molecule has 9 heteroatoms. The summed E-state index contributed by atoms with van der Waals surface area (Å²) in [5.41, 5.74) is 6.17. The number of imide groups is 1. The molecule has 0 radical (unpaired) electrons. The number of carbonyl (C=O) groups is 2. The number of aromatic nitrogens is 2. The summed E-state index contributed by atoms with van der Waals surface area (Å²) in [6, 6.07) is 12.9. The van der Waals surface area contributed by atoms with E-state index in [0.29, 0.717) is 23.7 Å². The number of amides is 2. The van der Waals surface area contributed by atoms with Crippen molar-refractivity contribution in [3.05, 3.63) is 64.2 Å². The molecule has 1 saturated heterocycles. The summed E-state index contributed by atoms with van der Waals surface area (Å²) in [7, 11) is 1.63. The van der Waals surface area contributed by atoms with Crippen LogP contribution in [0.2, 0.25) is 0 Å². The molecular formula is C21H21BN4O4. The van der Waals surface area contributed by atoms with E-state index < -0.39 is 16.9 Å². The van der Waals surface area contributed by atoms with Crippen LogP contribution in [0.25, 0.3) is 10.9 Å². The highest BCUT2D eigenvalue weighted by molar-refractivity contribution is 6.28. The number of nitrogens with zero attached hydrogens (tertiary/aromatic N) is 2. The van der Waals surface area contributed by atoms with Gasteiger partial charge in [-0.2, -0.15) is 0 Å². The maximum atomic E-state index is 13.3. The topological polar surface area (TPSA) is 116 Å². The average Bonchev–Trinajstić information content (AvgIpc) is 2.70. The van der Waals surface area contributed by atoms with Gasteiger partial charge in [0.25, 0.3) is 5.56 Å². The van der Waals surface area contributed by atoms with Gasteiger partial charge in [-0.25, -0.2) is 4.98 Å². The molecule has 4 rings (SSSR count). The molecule has 1 aliphatic rings. The fraction of sp³-hybridized carbons (Fsp3) is 0.238. The predicted octanol–water partition coefficient (Wildman–Crippen LogP) is 0.589. The number of carbonyl (C=O) groups excluding carboxylic acids is 2. The first kappa shape index (κ1) is 19.7. The number of benzene rings is 2. The van der Waals surface area contributed by atoms with Gasteiger partial charge in [-0.3, -0.25) is 24.3 Å². The van der Waals surface area contributed by atoms with Crippen molar-refractivity contribution in [3.63, 3.8) is 0 Å². The third-order valence-electron chi connectivity index (χ3n) is 5.47. The molecule has 1 atom stereocenters. The lowest BCUT2D eigenvalue weighted by atomic mass is 9.71. The fourth-order valence-corrected chi connectivity index (χ4v) is 3.84. The summed E-state index contributed by atoms with van der Waals surface area (Å²) >= 11 is 0. The molecule has 2 aromatic carbocycles. The van der Waals surface area contributed by atoms with Crippen LogP contribution in [0.1, 0.15) is 24.2 Å². The molecule has 2 heterocycles. The van der Waals surface area contributed by atoms with Crippen molar-refractivity contribution < 1.29 is 14.3 Å². The lowest BCUT2D eigenvalue weighted by molar-refractivity contribution is -0.137. The van der Waals surface area contributed by atoms with Crippen LogP contribution in [0.5, 0.6) is 5.75 Å². The average molecular weight is 404 g/mol. The van der Waals surface area contributed by atoms with Gasteiger partial charge >= 0.3 is 0 Å². The summed E-state index contributed by atoms with van der Waals surface area (Å²) in [6.45, 7) is 2.01. The number of ether oxygens (including phenoxy) is 1. The SMILES string of the molecule is BC1(n2c(C)nc3cc(OCc4ccccc4)cc(N)c3c2=O)CCC(=O)NC1=O. The molecule has 1 unspecified atom stereocenters. The van der Waals surface area contributed by atoms with Crippen molar-refractivity contribution in [1.29, 1.82) is 0 Å². The maximum absolute atomic E-state index is 13.3. The Morgan fingerprint density at radius 1 is 1.23 bits per heavy atom. The Bertz CT molecular complexity index is 1230. The molecule has 3 aromatic rings. The molecule has 1 aromatic heterocycles. The quantitative estimate of drug-likeness (QED) is 0.374. The van der Waals surface area contributed by atoms with Crippen molar-refractivity contribution in [2.24, 2.45) is 0 Å². The highest BCUT2D eigenvalue weighted by atomic mass is 16.5. The molecule has 1 fully saturated rings. The van der Waals surface area contributed by atoms with Crippen molar-refractivity contribution in [3.8, 4) is 5.75 Å². The number of aryl methyl sites for hydroxylation is 1. The molecular weight excluding hydrogens is 383 g/mol. The first-order valence-corrected chi connectivity index (χ1v) is 9.64. The molecule has 8 nitrogen and oxygen atoms in total. The zero-order chi connectivity index (χ0) is 21.5. The number of nitrogens with two attached hydrogens (primary N) is 1. The number of hydrogen-bond acceptors (Lipinski definition) is 6. The van der Waals surface area contributed by atoms with Crippen LogP contribution in [0, 0.1) is 6.92 Å². The fourth-order valence-electron chi connectivity index (χ4n) is 3.84. The number of piperidine rings is 1. The van der Waals surface area contributed by atoms with Gasteiger partial charge < -0.3 is 10.5 Å². The van der Waals surface area contributed by atoms with Gasteiger partial charge in [0.2, 0.25) is 11.8 Å². The van der Waals surface area contributed by atoms with Crippen LogP contribution in [0.15, 0.2) is 47.3 Å². The molecule has 0 aliphatic carbocycles. The van der Waals surface area contributed by atoms with E-state index in [-0.39, 0.29) is 29.8 Å². The highest BCUT2D eigenvalue weighted by Gasteiger charge is 2.42. The zero-order valence-corrected chi connectivity index (χ0v) is 16.8. The third kappa shape index (κ3) is 3.32. The van der Waals surface area contributed by atoms with Crippen molar-refractivity contribution in [2.75, 3.05) is 5.73 Å². The third-order valence-corrected chi connectivity index (χ3v) is 5.47. The summed E-state index contributed by atoms with van der Waals surface area (Å²) < 4.78 is 7.16. The van der Waals surface area contributed by atoms with Gasteiger partial charge in [-0.05, 0) is 18.9 Å². The number of anilines is 1. The Morgan fingerprint density at radius 3 is 2.67 bits per heavy atom. The largest absolute Gasteiger partial charge is 0.489 e. The van der Waals surface area contributed by atoms with E-state index >= 15 is 0 Å². The number of fused-ring (bicyclic) bond motifs is 1. The first-order valence-electron chi connectivity index (χ1n) is 9.64. The summed E-state index contributed by atoms with van der Waals surface area (Å²) in [5.74, 6) is -0.0117. The number of nitrogens with one attached hydrogen (secondary N) is 1. The van der Waals surface area contributed by atoms with E-state index in [9.17, 15) is 14.4 Å². The molecule has 0 bridgehead atoms. The van der Waals surface area contributed by atoms with Crippen molar-refractivity contribution >= 4 is 36.3 Å². The minimum Gasteiger partial charge on any atom is -0.489 e. The molecule has 152 valence electrons. The number of hydrogen-bond donors (Lipinski definition) is 2. The van der Waals surface area contributed by atoms with E-state index in [1.54, 1.807) is 26.9 Å². The molecule has 1 aliphatic heterocycles. The van der Waals surface area contributed by atoms with Gasteiger partial charge in [0.15, 0.2) is 0 Å². The van der Waals surface area contributed by atoms with E-state index in [0.717, 1.165) is 5.56 Å². The molecule has 2 amide bonds. The van der Waals surface area contributed by atoms with E-state index in [1.165, 1.54) is 4.57 Å². The second kappa shape index (κ2) is 7.33. The number of rotatable bonds is 4. The predicted molar refractivity (Wildman–Crippen MR) is 115 cm³/mol. The van der Waals surface area contributed by atoms with Crippen LogP contribution >= 0.6 is 0 Å². The number of nitrogen functional groups attached to an aromatic ring is 1. The Labute approximate surface area is 173 Å². The molecule has 0 spiro atoms. The van der Waals surface area contributed by atoms with Gasteiger partial charge in [0.1, 0.15) is 26.0 Å². The van der Waals surface area contributed by atoms with Crippen LogP contribution in [0.3, 0.4) is 0 Å². The molecule has 30 heavy (non-hydrogen) atoms. The van der Waals surface area contributed by atoms with Crippen molar-refractivity contribution in [2.45, 2.75) is 31.8 Å². The van der Waals surface area contributed by atoms with Crippen LogP contribution < -0.4 is 21.3 Å². The van der Waals surface area contributed by atoms with Crippen molar-refractivity contribution in [1.82, 2.24) is 14.9 Å². The minimum absolute atomic E-state index is 0.147. The first-order chi connectivity index (χ1) is 14.3. The Balaban J connectivity index is 1.76. The molecule has 0 saturated carbocycles. The summed E-state index contributed by atoms with van der Waals surface area (Å²) in [5, 5.41) is 2.53. The maximum Gasteiger partial charge on any atom is 0.263 e. The van der Waals surface area contributed by atoms with E-state index in [1.807, 2.05) is 30.3 Å². The zero-order valence-electron chi connectivity index (χ0n) is 16.8. The van der Waals surface area contributed by atoms with E-state index in [4.69, 9.17) is 10.5 Å². The van der Waals surface area contributed by atoms with E-state index in [2.05, 4.69) is 10.3 Å². The van der Waals surface area contributed by atoms with Crippen LogP contribution in [-0.4, -0.2) is 29.2 Å².